The maximum atomic E-state index is 6.31. The number of para-hydroxylation sites is 2. The Morgan fingerprint density at radius 2 is 1.78 bits per heavy atom. The van der Waals surface area contributed by atoms with Gasteiger partial charge in [-0.3, -0.25) is 0 Å². The molecule has 36 heavy (non-hydrogen) atoms. The third kappa shape index (κ3) is 4.57. The minimum Gasteiger partial charge on any atom is -0.496 e. The van der Waals surface area contributed by atoms with Crippen LogP contribution in [0.5, 0.6) is 11.5 Å². The lowest BCUT2D eigenvalue weighted by Gasteiger charge is -2.41. The van der Waals surface area contributed by atoms with Crippen molar-refractivity contribution in [1.29, 1.82) is 0 Å². The topological polar surface area (TPSA) is 46.9 Å². The molecular formula is C31H32N2O3. The Kier molecular flexibility index (Phi) is 6.72. The van der Waals surface area contributed by atoms with Gasteiger partial charge in [-0.2, -0.15) is 0 Å². The summed E-state index contributed by atoms with van der Waals surface area (Å²) in [4.78, 5) is 2.35. The number of rotatable bonds is 7. The van der Waals surface area contributed by atoms with Crippen LogP contribution in [-0.2, 0) is 13.2 Å². The number of ether oxygens (including phenoxy) is 2. The van der Waals surface area contributed by atoms with E-state index in [0.29, 0.717) is 13.2 Å². The predicted molar refractivity (Wildman–Crippen MR) is 144 cm³/mol. The van der Waals surface area contributed by atoms with Crippen molar-refractivity contribution in [3.05, 3.63) is 119 Å². The van der Waals surface area contributed by atoms with Gasteiger partial charge >= 0.3 is 0 Å². The SMILES string of the molecule is C/C=C1/c2ccccc2NC(c2ccc(OC)c(COc3c(C)cccc3C)c2)N1Cc1ccco1. The second kappa shape index (κ2) is 10.2. The van der Waals surface area contributed by atoms with Gasteiger partial charge in [0, 0.05) is 22.5 Å². The van der Waals surface area contributed by atoms with Crippen molar-refractivity contribution >= 4 is 11.4 Å². The van der Waals surface area contributed by atoms with Gasteiger partial charge in [-0.15, -0.1) is 0 Å². The largest absolute Gasteiger partial charge is 0.496 e. The fourth-order valence-corrected chi connectivity index (χ4v) is 4.94. The molecule has 4 aromatic rings. The molecule has 1 unspecified atom stereocenters. The molecule has 5 rings (SSSR count). The molecule has 2 heterocycles. The Morgan fingerprint density at radius 1 is 0.972 bits per heavy atom. The lowest BCUT2D eigenvalue weighted by molar-refractivity contribution is 0.280. The van der Waals surface area contributed by atoms with Crippen molar-refractivity contribution in [3.63, 3.8) is 0 Å². The van der Waals surface area contributed by atoms with Crippen molar-refractivity contribution in [2.45, 2.75) is 40.1 Å². The van der Waals surface area contributed by atoms with Crippen LogP contribution in [0.3, 0.4) is 0 Å². The molecule has 184 valence electrons. The van der Waals surface area contributed by atoms with E-state index in [1.165, 1.54) is 5.56 Å². The highest BCUT2D eigenvalue weighted by Gasteiger charge is 2.30. The first kappa shape index (κ1) is 23.6. The van der Waals surface area contributed by atoms with Gasteiger partial charge in [-0.1, -0.05) is 48.5 Å². The average molecular weight is 481 g/mol. The van der Waals surface area contributed by atoms with E-state index in [0.717, 1.165) is 50.9 Å². The molecule has 0 amide bonds. The van der Waals surface area contributed by atoms with Crippen LogP contribution < -0.4 is 14.8 Å². The first-order chi connectivity index (χ1) is 17.6. The summed E-state index contributed by atoms with van der Waals surface area (Å²) in [5, 5.41) is 3.76. The molecule has 0 radical (unpaired) electrons. The Balaban J connectivity index is 1.52. The van der Waals surface area contributed by atoms with E-state index < -0.39 is 0 Å². The van der Waals surface area contributed by atoms with Gasteiger partial charge in [0.1, 0.15) is 30.0 Å². The fourth-order valence-electron chi connectivity index (χ4n) is 4.94. The van der Waals surface area contributed by atoms with E-state index in [1.807, 2.05) is 18.2 Å². The van der Waals surface area contributed by atoms with E-state index in [-0.39, 0.29) is 6.17 Å². The van der Waals surface area contributed by atoms with Gasteiger partial charge in [0.2, 0.25) is 0 Å². The molecule has 0 saturated heterocycles. The molecule has 1 aliphatic rings. The molecule has 5 nitrogen and oxygen atoms in total. The van der Waals surface area contributed by atoms with E-state index in [2.05, 4.69) is 91.7 Å². The summed E-state index contributed by atoms with van der Waals surface area (Å²) in [5.41, 5.74) is 7.81. The van der Waals surface area contributed by atoms with Crippen molar-refractivity contribution in [2.24, 2.45) is 0 Å². The van der Waals surface area contributed by atoms with Gasteiger partial charge in [0.15, 0.2) is 0 Å². The first-order valence-electron chi connectivity index (χ1n) is 12.3. The zero-order valence-electron chi connectivity index (χ0n) is 21.2. The maximum absolute atomic E-state index is 6.31. The van der Waals surface area contributed by atoms with Gasteiger partial charge in [-0.25, -0.2) is 0 Å². The van der Waals surface area contributed by atoms with Crippen molar-refractivity contribution in [1.82, 2.24) is 4.90 Å². The fraction of sp³-hybridized carbons (Fsp3) is 0.226. The van der Waals surface area contributed by atoms with Gasteiger partial charge < -0.3 is 24.1 Å². The highest BCUT2D eigenvalue weighted by atomic mass is 16.5. The molecule has 0 aliphatic carbocycles. The van der Waals surface area contributed by atoms with Crippen LogP contribution in [-0.4, -0.2) is 12.0 Å². The van der Waals surface area contributed by atoms with Crippen LogP contribution in [0.25, 0.3) is 5.70 Å². The lowest BCUT2D eigenvalue weighted by atomic mass is 9.99. The number of methoxy groups -OCH3 is 1. The first-order valence-corrected chi connectivity index (χ1v) is 12.3. The summed E-state index contributed by atoms with van der Waals surface area (Å²) in [5.74, 6) is 2.64. The van der Waals surface area contributed by atoms with Gasteiger partial charge in [-0.05, 0) is 67.8 Å². The lowest BCUT2D eigenvalue weighted by Crippen LogP contribution is -2.36. The van der Waals surface area contributed by atoms with Crippen LogP contribution >= 0.6 is 0 Å². The van der Waals surface area contributed by atoms with Crippen LogP contribution in [0.15, 0.2) is 89.6 Å². The van der Waals surface area contributed by atoms with E-state index in [4.69, 9.17) is 13.9 Å². The second-order valence-corrected chi connectivity index (χ2v) is 9.05. The number of allylic oxidation sites excluding steroid dienone is 1. The van der Waals surface area contributed by atoms with Crippen molar-refractivity contribution in [3.8, 4) is 11.5 Å². The van der Waals surface area contributed by atoms with Crippen LogP contribution in [0.1, 0.15) is 46.7 Å². The number of nitrogens with zero attached hydrogens (tertiary/aromatic N) is 1. The smallest absolute Gasteiger partial charge is 0.126 e. The van der Waals surface area contributed by atoms with E-state index >= 15 is 0 Å². The van der Waals surface area contributed by atoms with Crippen LogP contribution in [0, 0.1) is 13.8 Å². The average Bonchev–Trinajstić information content (AvgIpc) is 3.41. The molecule has 0 saturated carbocycles. The molecule has 0 fully saturated rings. The standard InChI is InChI=1S/C31H32N2O3/c1-5-28-26-13-6-7-14-27(26)32-31(33(28)19-25-12-9-17-35-25)23-15-16-29(34-4)24(18-23)20-36-30-21(2)10-8-11-22(30)3/h5-18,31-32H,19-20H2,1-4H3/b28-5-. The molecule has 1 aromatic heterocycles. The summed E-state index contributed by atoms with van der Waals surface area (Å²) < 4.78 is 17.8. The number of aryl methyl sites for hydroxylation is 2. The van der Waals surface area contributed by atoms with Crippen molar-refractivity contribution < 1.29 is 13.9 Å². The highest BCUT2D eigenvalue weighted by Crippen LogP contribution is 2.41. The van der Waals surface area contributed by atoms with E-state index in [9.17, 15) is 0 Å². The third-order valence-electron chi connectivity index (χ3n) is 6.70. The molecule has 1 atom stereocenters. The van der Waals surface area contributed by atoms with Crippen LogP contribution in [0.4, 0.5) is 5.69 Å². The number of furan rings is 1. The molecule has 0 spiro atoms. The summed E-state index contributed by atoms with van der Waals surface area (Å²) >= 11 is 0. The Morgan fingerprint density at radius 3 is 2.50 bits per heavy atom. The number of hydrogen-bond acceptors (Lipinski definition) is 5. The number of anilines is 1. The summed E-state index contributed by atoms with van der Waals surface area (Å²) in [6.07, 6.45) is 3.80. The molecule has 0 bridgehead atoms. The zero-order chi connectivity index (χ0) is 25.1. The predicted octanol–water partition coefficient (Wildman–Crippen LogP) is 7.47. The zero-order valence-corrected chi connectivity index (χ0v) is 21.2. The molecule has 1 N–H and O–H groups in total. The maximum Gasteiger partial charge on any atom is 0.126 e. The molecule has 1 aliphatic heterocycles. The minimum atomic E-state index is -0.0962. The quantitative estimate of drug-likeness (QED) is 0.297. The second-order valence-electron chi connectivity index (χ2n) is 9.05. The molecular weight excluding hydrogens is 448 g/mol. The monoisotopic (exact) mass is 480 g/mol. The van der Waals surface area contributed by atoms with Gasteiger partial charge in [0.05, 0.1) is 19.9 Å². The Hall–Kier alpha value is -4.12. The highest BCUT2D eigenvalue weighted by molar-refractivity contribution is 5.78. The molecule has 5 heteroatoms. The van der Waals surface area contributed by atoms with Crippen molar-refractivity contribution in [2.75, 3.05) is 12.4 Å². The summed E-state index contributed by atoms with van der Waals surface area (Å²) in [6, 6.07) is 24.9. The summed E-state index contributed by atoms with van der Waals surface area (Å²) in [7, 11) is 1.70. The third-order valence-corrected chi connectivity index (χ3v) is 6.70. The summed E-state index contributed by atoms with van der Waals surface area (Å²) in [6.45, 7) is 7.29. The minimum absolute atomic E-state index is 0.0962. The number of hydrogen-bond donors (Lipinski definition) is 1. The number of benzene rings is 3. The van der Waals surface area contributed by atoms with Gasteiger partial charge in [0.25, 0.3) is 0 Å². The molecule has 3 aromatic carbocycles. The Bertz CT molecular complexity index is 1350. The van der Waals surface area contributed by atoms with E-state index in [1.54, 1.807) is 13.4 Å². The normalized spacial score (nSPS) is 15.9. The number of fused-ring (bicyclic) bond motifs is 1. The van der Waals surface area contributed by atoms with Crippen LogP contribution in [0.2, 0.25) is 0 Å². The Labute approximate surface area is 213 Å². The number of nitrogens with one attached hydrogen (secondary N) is 1.